The summed E-state index contributed by atoms with van der Waals surface area (Å²) in [6.07, 6.45) is 6.98. The van der Waals surface area contributed by atoms with E-state index in [4.69, 9.17) is 5.11 Å². The van der Waals surface area contributed by atoms with Crippen LogP contribution in [0.4, 0.5) is 0 Å². The average Bonchev–Trinajstić information content (AvgIpc) is 2.74. The smallest absolute Gasteiger partial charge is 0.313 e. The first-order chi connectivity index (χ1) is 9.47. The van der Waals surface area contributed by atoms with Gasteiger partial charge in [-0.2, -0.15) is 0 Å². The van der Waals surface area contributed by atoms with Gasteiger partial charge in [-0.1, -0.05) is 39.0 Å². The lowest BCUT2D eigenvalue weighted by Gasteiger charge is -2.42. The number of carboxylic acids is 1. The van der Waals surface area contributed by atoms with Gasteiger partial charge < -0.3 is 9.67 Å². The first kappa shape index (κ1) is 15.4. The molecule has 1 saturated carbocycles. The van der Waals surface area contributed by atoms with E-state index in [1.54, 1.807) is 0 Å². The second-order valence-corrected chi connectivity index (χ2v) is 7.04. The van der Waals surface area contributed by atoms with E-state index in [1.165, 1.54) is 43.1 Å². The molecule has 5 heteroatoms. The zero-order valence-corrected chi connectivity index (χ0v) is 13.4. The molecule has 2 rings (SSSR count). The van der Waals surface area contributed by atoms with E-state index >= 15 is 0 Å². The summed E-state index contributed by atoms with van der Waals surface area (Å²) < 4.78 is 2.26. The summed E-state index contributed by atoms with van der Waals surface area (Å²) in [5.41, 5.74) is 1.63. The van der Waals surface area contributed by atoms with Gasteiger partial charge in [-0.3, -0.25) is 4.79 Å². The second-order valence-electron chi connectivity index (χ2n) is 6.10. The number of carboxylic acid groups (broad SMARTS) is 1. The van der Waals surface area contributed by atoms with Gasteiger partial charge in [0, 0.05) is 18.4 Å². The minimum Gasteiger partial charge on any atom is -0.481 e. The second kappa shape index (κ2) is 6.20. The van der Waals surface area contributed by atoms with Crippen LogP contribution in [0.5, 0.6) is 0 Å². The van der Waals surface area contributed by atoms with E-state index < -0.39 is 5.97 Å². The third kappa shape index (κ3) is 3.19. The van der Waals surface area contributed by atoms with Crippen LogP contribution in [0.1, 0.15) is 58.1 Å². The number of thioether (sulfide) groups is 1. The number of aromatic nitrogens is 2. The van der Waals surface area contributed by atoms with Crippen molar-refractivity contribution in [2.75, 3.05) is 5.75 Å². The molecule has 0 amide bonds. The molecule has 0 saturated heterocycles. The Balaban J connectivity index is 2.22. The van der Waals surface area contributed by atoms with Gasteiger partial charge in [0.2, 0.25) is 0 Å². The first-order valence-electron chi connectivity index (χ1n) is 7.37. The summed E-state index contributed by atoms with van der Waals surface area (Å²) in [5, 5.41) is 9.72. The largest absolute Gasteiger partial charge is 0.481 e. The van der Waals surface area contributed by atoms with Crippen LogP contribution in [0.25, 0.3) is 0 Å². The fourth-order valence-corrected chi connectivity index (χ4v) is 3.57. The van der Waals surface area contributed by atoms with Crippen LogP contribution in [0.15, 0.2) is 11.4 Å². The van der Waals surface area contributed by atoms with Gasteiger partial charge in [-0.25, -0.2) is 4.98 Å². The van der Waals surface area contributed by atoms with Crippen molar-refractivity contribution in [1.29, 1.82) is 0 Å². The monoisotopic (exact) mass is 296 g/mol. The van der Waals surface area contributed by atoms with Gasteiger partial charge in [-0.05, 0) is 30.6 Å². The predicted molar refractivity (Wildman–Crippen MR) is 81.3 cm³/mol. The highest BCUT2D eigenvalue weighted by molar-refractivity contribution is 7.99. The van der Waals surface area contributed by atoms with E-state index in [0.717, 1.165) is 11.7 Å². The van der Waals surface area contributed by atoms with Crippen LogP contribution >= 0.6 is 11.8 Å². The van der Waals surface area contributed by atoms with Crippen molar-refractivity contribution in [2.24, 2.45) is 5.41 Å². The standard InChI is InChI=1S/C15H24N2O2S/c1-4-15(6-5-7-15)10-17-12(11(2)3)8-16-14(17)20-9-13(18)19/h8,11H,4-7,9-10H2,1-3H3,(H,18,19). The summed E-state index contributed by atoms with van der Waals surface area (Å²) in [4.78, 5) is 15.2. The van der Waals surface area contributed by atoms with Crippen LogP contribution in [0.3, 0.4) is 0 Å². The SMILES string of the molecule is CCC1(Cn2c(C(C)C)cnc2SCC(=O)O)CCC1. The molecule has 20 heavy (non-hydrogen) atoms. The fourth-order valence-electron chi connectivity index (χ4n) is 2.87. The Morgan fingerprint density at radius 1 is 1.55 bits per heavy atom. The molecule has 0 atom stereocenters. The molecule has 1 aliphatic rings. The van der Waals surface area contributed by atoms with Crippen molar-refractivity contribution in [2.45, 2.75) is 64.1 Å². The fraction of sp³-hybridized carbons (Fsp3) is 0.733. The van der Waals surface area contributed by atoms with Crippen LogP contribution in [0, 0.1) is 5.41 Å². The van der Waals surface area contributed by atoms with Crippen molar-refractivity contribution in [3.8, 4) is 0 Å². The van der Waals surface area contributed by atoms with Gasteiger partial charge in [0.1, 0.15) is 0 Å². The highest BCUT2D eigenvalue weighted by Crippen LogP contribution is 2.46. The Hall–Kier alpha value is -0.970. The maximum absolute atomic E-state index is 10.8. The highest BCUT2D eigenvalue weighted by atomic mass is 32.2. The number of carbonyl (C=O) groups is 1. The predicted octanol–water partition coefficient (Wildman–Crippen LogP) is 3.76. The zero-order chi connectivity index (χ0) is 14.8. The Morgan fingerprint density at radius 2 is 2.25 bits per heavy atom. The van der Waals surface area contributed by atoms with Gasteiger partial charge in [0.15, 0.2) is 5.16 Å². The molecule has 0 radical (unpaired) electrons. The van der Waals surface area contributed by atoms with Crippen molar-refractivity contribution in [1.82, 2.24) is 9.55 Å². The topological polar surface area (TPSA) is 55.1 Å². The molecule has 0 aliphatic heterocycles. The first-order valence-corrected chi connectivity index (χ1v) is 8.36. The lowest BCUT2D eigenvalue weighted by atomic mass is 9.67. The molecule has 1 fully saturated rings. The lowest BCUT2D eigenvalue weighted by molar-refractivity contribution is -0.133. The van der Waals surface area contributed by atoms with Gasteiger partial charge in [-0.15, -0.1) is 0 Å². The number of rotatable bonds is 7. The molecule has 1 heterocycles. The minimum atomic E-state index is -0.788. The molecular formula is C15H24N2O2S. The Bertz CT molecular complexity index is 473. The van der Waals surface area contributed by atoms with Crippen LogP contribution < -0.4 is 0 Å². The van der Waals surface area contributed by atoms with Crippen molar-refractivity contribution < 1.29 is 9.90 Å². The van der Waals surface area contributed by atoms with Crippen molar-refractivity contribution >= 4 is 17.7 Å². The molecule has 0 bridgehead atoms. The van der Waals surface area contributed by atoms with Crippen LogP contribution in [0.2, 0.25) is 0 Å². The number of hydrogen-bond donors (Lipinski definition) is 1. The zero-order valence-electron chi connectivity index (χ0n) is 12.6. The van der Waals surface area contributed by atoms with E-state index in [9.17, 15) is 4.79 Å². The summed E-state index contributed by atoms with van der Waals surface area (Å²) >= 11 is 1.33. The van der Waals surface area contributed by atoms with E-state index in [-0.39, 0.29) is 5.75 Å². The minimum absolute atomic E-state index is 0.0771. The van der Waals surface area contributed by atoms with Gasteiger partial charge >= 0.3 is 5.97 Å². The third-order valence-corrected chi connectivity index (χ3v) is 5.40. The molecule has 1 aliphatic carbocycles. The van der Waals surface area contributed by atoms with Crippen molar-refractivity contribution in [3.63, 3.8) is 0 Å². The molecular weight excluding hydrogens is 272 g/mol. The number of aliphatic carboxylic acids is 1. The number of hydrogen-bond acceptors (Lipinski definition) is 3. The Kier molecular flexibility index (Phi) is 4.78. The third-order valence-electron chi connectivity index (χ3n) is 4.42. The molecule has 1 aromatic rings. The molecule has 4 nitrogen and oxygen atoms in total. The number of nitrogens with zero attached hydrogens (tertiary/aromatic N) is 2. The molecule has 0 aromatic carbocycles. The molecule has 1 aromatic heterocycles. The van der Waals surface area contributed by atoms with Crippen LogP contribution in [-0.4, -0.2) is 26.4 Å². The maximum atomic E-state index is 10.8. The summed E-state index contributed by atoms with van der Waals surface area (Å²) in [7, 11) is 0. The van der Waals surface area contributed by atoms with Gasteiger partial charge in [0.25, 0.3) is 0 Å². The molecule has 112 valence electrons. The lowest BCUT2D eigenvalue weighted by Crippen LogP contribution is -2.34. The van der Waals surface area contributed by atoms with E-state index in [0.29, 0.717) is 11.3 Å². The van der Waals surface area contributed by atoms with Crippen molar-refractivity contribution in [3.05, 3.63) is 11.9 Å². The maximum Gasteiger partial charge on any atom is 0.313 e. The quantitative estimate of drug-likeness (QED) is 0.778. The highest BCUT2D eigenvalue weighted by Gasteiger charge is 2.36. The summed E-state index contributed by atoms with van der Waals surface area (Å²) in [5.74, 6) is -0.298. The van der Waals surface area contributed by atoms with Gasteiger partial charge in [0.05, 0.1) is 5.75 Å². The van der Waals surface area contributed by atoms with E-state index in [1.807, 2.05) is 6.20 Å². The molecule has 1 N–H and O–H groups in total. The Morgan fingerprint density at radius 3 is 2.70 bits per heavy atom. The number of imidazole rings is 1. The summed E-state index contributed by atoms with van der Waals surface area (Å²) in [6.45, 7) is 7.57. The molecule has 0 unspecified atom stereocenters. The Labute approximate surface area is 125 Å². The normalized spacial score (nSPS) is 17.2. The van der Waals surface area contributed by atoms with E-state index in [2.05, 4.69) is 30.3 Å². The van der Waals surface area contributed by atoms with Crippen LogP contribution in [-0.2, 0) is 11.3 Å². The summed E-state index contributed by atoms with van der Waals surface area (Å²) in [6, 6.07) is 0. The average molecular weight is 296 g/mol. The molecule has 0 spiro atoms.